The number of rotatable bonds is 18. The van der Waals surface area contributed by atoms with E-state index in [1.165, 1.54) is 32.0 Å². The number of amides is 3. The molecule has 0 unspecified atom stereocenters. The molecule has 2 atom stereocenters. The van der Waals surface area contributed by atoms with Gasteiger partial charge < -0.3 is 32.4 Å². The van der Waals surface area contributed by atoms with Gasteiger partial charge in [0.1, 0.15) is 6.04 Å². The van der Waals surface area contributed by atoms with Crippen LogP contribution in [0.1, 0.15) is 70.4 Å². The van der Waals surface area contributed by atoms with Crippen LogP contribution in [0.25, 0.3) is 0 Å². The van der Waals surface area contributed by atoms with Crippen LogP contribution in [0.3, 0.4) is 0 Å². The van der Waals surface area contributed by atoms with Crippen molar-refractivity contribution in [2.45, 2.75) is 83.2 Å². The third-order valence-electron chi connectivity index (χ3n) is 5.18. The van der Waals surface area contributed by atoms with E-state index in [1.807, 2.05) is 0 Å². The van der Waals surface area contributed by atoms with Crippen molar-refractivity contribution in [2.75, 3.05) is 19.6 Å². The van der Waals surface area contributed by atoms with Crippen molar-refractivity contribution >= 4 is 17.7 Å². The van der Waals surface area contributed by atoms with Gasteiger partial charge in [-0.1, -0.05) is 45.4 Å². The van der Waals surface area contributed by atoms with Crippen LogP contribution in [0.4, 0.5) is 0 Å². The summed E-state index contributed by atoms with van der Waals surface area (Å²) >= 11 is 0. The molecular weight excluding hydrogens is 410 g/mol. The topological polar surface area (TPSA) is 168 Å². The number of unbranched alkanes of at least 4 members (excludes halogenated alkanes) is 6. The zero-order valence-corrected chi connectivity index (χ0v) is 19.3. The van der Waals surface area contributed by atoms with Crippen LogP contribution in [0, 0.1) is 0 Å². The second kappa shape index (κ2) is 17.1. The lowest BCUT2D eigenvalue weighted by atomic mass is 10.1. The standard InChI is InChI=1S/C22H41N7O3/c1-2-3-4-5-6-9-12-26-20(30)15-27-22(32)19(13-17-14-25-16-28-17)29-21(31)18(24)10-7-8-11-23/h14,16,18-19H,2-13,15,23-24H2,1H3,(H,25,28)(H,26,30)(H,27,32)(H,29,31)/t18-,19-/m0/s1. The highest BCUT2D eigenvalue weighted by molar-refractivity contribution is 5.91. The fraction of sp³-hybridized carbons (Fsp3) is 0.727. The highest BCUT2D eigenvalue weighted by Gasteiger charge is 2.25. The van der Waals surface area contributed by atoms with E-state index in [2.05, 4.69) is 32.8 Å². The number of H-pyrrole nitrogens is 1. The quantitative estimate of drug-likeness (QED) is 0.177. The number of nitrogens with one attached hydrogen (secondary N) is 4. The number of aromatic amines is 1. The molecule has 32 heavy (non-hydrogen) atoms. The monoisotopic (exact) mass is 451 g/mol. The smallest absolute Gasteiger partial charge is 0.243 e. The van der Waals surface area contributed by atoms with E-state index in [0.29, 0.717) is 25.2 Å². The maximum Gasteiger partial charge on any atom is 0.243 e. The number of aromatic nitrogens is 2. The van der Waals surface area contributed by atoms with Gasteiger partial charge in [0, 0.05) is 19.2 Å². The Morgan fingerprint density at radius 2 is 1.78 bits per heavy atom. The summed E-state index contributed by atoms with van der Waals surface area (Å²) in [5, 5.41) is 8.10. The number of nitrogens with zero attached hydrogens (tertiary/aromatic N) is 1. The van der Waals surface area contributed by atoms with Crippen LogP contribution in [0.5, 0.6) is 0 Å². The van der Waals surface area contributed by atoms with Crippen molar-refractivity contribution in [2.24, 2.45) is 11.5 Å². The molecule has 182 valence electrons. The lowest BCUT2D eigenvalue weighted by molar-refractivity contribution is -0.130. The van der Waals surface area contributed by atoms with Crippen LogP contribution >= 0.6 is 0 Å². The molecule has 0 saturated carbocycles. The van der Waals surface area contributed by atoms with Crippen LogP contribution in [0.2, 0.25) is 0 Å². The first-order valence-electron chi connectivity index (χ1n) is 11.8. The molecule has 10 nitrogen and oxygen atoms in total. The summed E-state index contributed by atoms with van der Waals surface area (Å²) in [7, 11) is 0. The summed E-state index contributed by atoms with van der Waals surface area (Å²) < 4.78 is 0. The zero-order valence-electron chi connectivity index (χ0n) is 19.3. The predicted octanol–water partition coefficient (Wildman–Crippen LogP) is 0.486. The van der Waals surface area contributed by atoms with E-state index in [4.69, 9.17) is 11.5 Å². The lowest BCUT2D eigenvalue weighted by Gasteiger charge is -2.20. The molecule has 10 heteroatoms. The second-order valence-electron chi connectivity index (χ2n) is 8.05. The summed E-state index contributed by atoms with van der Waals surface area (Å²) in [6, 6.07) is -1.60. The SMILES string of the molecule is CCCCCCCCNC(=O)CNC(=O)[C@H](Cc1c[nH]cn1)NC(=O)[C@@H](N)CCCCN. The Balaban J connectivity index is 2.44. The molecule has 1 heterocycles. The first-order valence-corrected chi connectivity index (χ1v) is 11.8. The Labute approximate surface area is 191 Å². The summed E-state index contributed by atoms with van der Waals surface area (Å²) in [6.07, 6.45) is 12.2. The molecule has 3 amide bonds. The number of hydrogen-bond acceptors (Lipinski definition) is 6. The van der Waals surface area contributed by atoms with Gasteiger partial charge in [0.2, 0.25) is 17.7 Å². The fourth-order valence-electron chi connectivity index (χ4n) is 3.23. The molecule has 0 aliphatic carbocycles. The Hall–Kier alpha value is -2.46. The largest absolute Gasteiger partial charge is 0.355 e. The summed E-state index contributed by atoms with van der Waals surface area (Å²) in [4.78, 5) is 44.1. The number of nitrogens with two attached hydrogens (primary N) is 2. The first kappa shape index (κ1) is 27.6. The average molecular weight is 452 g/mol. The molecule has 1 aromatic heterocycles. The van der Waals surface area contributed by atoms with Gasteiger partial charge in [-0.15, -0.1) is 0 Å². The van der Waals surface area contributed by atoms with E-state index >= 15 is 0 Å². The van der Waals surface area contributed by atoms with Crippen molar-refractivity contribution in [3.63, 3.8) is 0 Å². The molecular formula is C22H41N7O3. The maximum atomic E-state index is 12.7. The van der Waals surface area contributed by atoms with Crippen LogP contribution in [-0.4, -0.2) is 59.4 Å². The van der Waals surface area contributed by atoms with E-state index in [0.717, 1.165) is 25.7 Å². The molecule has 1 rings (SSSR count). The van der Waals surface area contributed by atoms with Gasteiger partial charge in [-0.25, -0.2) is 4.98 Å². The van der Waals surface area contributed by atoms with Crippen molar-refractivity contribution in [3.8, 4) is 0 Å². The molecule has 1 aromatic rings. The molecule has 0 radical (unpaired) electrons. The van der Waals surface area contributed by atoms with Gasteiger partial charge in [0.25, 0.3) is 0 Å². The molecule has 0 saturated heterocycles. The zero-order chi connectivity index (χ0) is 23.6. The summed E-state index contributed by atoms with van der Waals surface area (Å²) in [6.45, 7) is 3.16. The highest BCUT2D eigenvalue weighted by Crippen LogP contribution is 2.04. The summed E-state index contributed by atoms with van der Waals surface area (Å²) in [5.41, 5.74) is 12.0. The Morgan fingerprint density at radius 1 is 1.03 bits per heavy atom. The summed E-state index contributed by atoms with van der Waals surface area (Å²) in [5.74, 6) is -1.12. The third-order valence-corrected chi connectivity index (χ3v) is 5.18. The van der Waals surface area contributed by atoms with Crippen LogP contribution in [-0.2, 0) is 20.8 Å². The van der Waals surface area contributed by atoms with Crippen molar-refractivity contribution in [3.05, 3.63) is 18.2 Å². The lowest BCUT2D eigenvalue weighted by Crippen LogP contribution is -2.53. The minimum Gasteiger partial charge on any atom is -0.355 e. The number of carbonyl (C=O) groups is 3. The maximum absolute atomic E-state index is 12.7. The van der Waals surface area contributed by atoms with Gasteiger partial charge >= 0.3 is 0 Å². The van der Waals surface area contributed by atoms with Gasteiger partial charge in [-0.3, -0.25) is 14.4 Å². The number of imidazole rings is 1. The molecule has 0 aliphatic rings. The molecule has 0 bridgehead atoms. The van der Waals surface area contributed by atoms with Crippen molar-refractivity contribution < 1.29 is 14.4 Å². The van der Waals surface area contributed by atoms with Gasteiger partial charge in [0.05, 0.1) is 24.6 Å². The Morgan fingerprint density at radius 3 is 2.47 bits per heavy atom. The Bertz CT molecular complexity index is 652. The van der Waals surface area contributed by atoms with Crippen molar-refractivity contribution in [1.29, 1.82) is 0 Å². The molecule has 0 aliphatic heterocycles. The highest BCUT2D eigenvalue weighted by atomic mass is 16.2. The second-order valence-corrected chi connectivity index (χ2v) is 8.05. The molecule has 0 aromatic carbocycles. The number of carbonyl (C=O) groups excluding carboxylic acids is 3. The van der Waals surface area contributed by atoms with E-state index < -0.39 is 23.9 Å². The minimum absolute atomic E-state index is 0.149. The van der Waals surface area contributed by atoms with E-state index in [1.54, 1.807) is 6.20 Å². The van der Waals surface area contributed by atoms with Gasteiger partial charge in [-0.2, -0.15) is 0 Å². The Kier molecular flexibility index (Phi) is 14.8. The van der Waals surface area contributed by atoms with Crippen LogP contribution in [0.15, 0.2) is 12.5 Å². The normalized spacial score (nSPS) is 12.7. The first-order chi connectivity index (χ1) is 15.5. The number of hydrogen-bond donors (Lipinski definition) is 6. The van der Waals surface area contributed by atoms with Gasteiger partial charge in [0.15, 0.2) is 0 Å². The molecule has 0 fully saturated rings. The minimum atomic E-state index is -0.877. The van der Waals surface area contributed by atoms with Crippen LogP contribution < -0.4 is 27.4 Å². The van der Waals surface area contributed by atoms with E-state index in [9.17, 15) is 14.4 Å². The predicted molar refractivity (Wildman–Crippen MR) is 124 cm³/mol. The molecule has 8 N–H and O–H groups in total. The third kappa shape index (κ3) is 12.4. The van der Waals surface area contributed by atoms with Crippen molar-refractivity contribution in [1.82, 2.24) is 25.9 Å². The fourth-order valence-corrected chi connectivity index (χ4v) is 3.23. The van der Waals surface area contributed by atoms with Gasteiger partial charge in [-0.05, 0) is 25.8 Å². The molecule has 0 spiro atoms. The van der Waals surface area contributed by atoms with E-state index in [-0.39, 0.29) is 18.9 Å². The average Bonchev–Trinajstić information content (AvgIpc) is 3.29.